The van der Waals surface area contributed by atoms with E-state index in [0.29, 0.717) is 19.4 Å². The van der Waals surface area contributed by atoms with Crippen molar-refractivity contribution in [2.45, 2.75) is 25.3 Å². The van der Waals surface area contributed by atoms with Gasteiger partial charge >= 0.3 is 6.03 Å². The van der Waals surface area contributed by atoms with Crippen molar-refractivity contribution in [3.8, 4) is 0 Å². The number of anilines is 1. The average Bonchev–Trinajstić information content (AvgIpc) is 2.59. The summed E-state index contributed by atoms with van der Waals surface area (Å²) < 4.78 is 0. The predicted molar refractivity (Wildman–Crippen MR) is 98.5 cm³/mol. The van der Waals surface area contributed by atoms with Gasteiger partial charge in [-0.15, -0.1) is 0 Å². The Kier molecular flexibility index (Phi) is 5.33. The van der Waals surface area contributed by atoms with Crippen LogP contribution in [0.5, 0.6) is 0 Å². The van der Waals surface area contributed by atoms with Crippen LogP contribution in [0.25, 0.3) is 0 Å². The van der Waals surface area contributed by atoms with Crippen molar-refractivity contribution < 1.29 is 9.59 Å². The van der Waals surface area contributed by atoms with Crippen LogP contribution < -0.4 is 10.6 Å². The summed E-state index contributed by atoms with van der Waals surface area (Å²) in [5.41, 5.74) is 3.15. The first kappa shape index (κ1) is 17.0. The largest absolute Gasteiger partial charge is 0.344 e. The maximum atomic E-state index is 12.2. The number of piperidine rings is 1. The third-order valence-corrected chi connectivity index (χ3v) is 4.40. The molecule has 1 fully saturated rings. The Morgan fingerprint density at radius 1 is 1.12 bits per heavy atom. The van der Waals surface area contributed by atoms with Gasteiger partial charge in [-0.05, 0) is 36.1 Å². The third-order valence-electron chi connectivity index (χ3n) is 4.40. The highest BCUT2D eigenvalue weighted by atomic mass is 16.2. The van der Waals surface area contributed by atoms with Gasteiger partial charge in [-0.1, -0.05) is 42.5 Å². The topological polar surface area (TPSA) is 61.4 Å². The van der Waals surface area contributed by atoms with Crippen molar-refractivity contribution >= 4 is 17.6 Å². The molecule has 1 aliphatic rings. The van der Waals surface area contributed by atoms with E-state index in [1.165, 1.54) is 5.56 Å². The monoisotopic (exact) mass is 337 g/mol. The molecule has 5 nitrogen and oxygen atoms in total. The van der Waals surface area contributed by atoms with Crippen LogP contribution in [-0.4, -0.2) is 36.5 Å². The number of rotatable bonds is 4. The Hall–Kier alpha value is -2.82. The lowest BCUT2D eigenvalue weighted by atomic mass is 10.0. The summed E-state index contributed by atoms with van der Waals surface area (Å²) in [6.07, 6.45) is 1.99. The Balaban J connectivity index is 1.56. The van der Waals surface area contributed by atoms with Crippen LogP contribution in [0.4, 0.5) is 10.5 Å². The standard InChI is InChI=1S/C20H23N3O2/c1-23-14-18(10-11-19(23)24)22-20(25)21-17-9-5-8-16(13-17)12-15-6-3-2-4-7-15/h2-9,13,18H,10-12,14H2,1H3,(H2,21,22,25). The van der Waals surface area contributed by atoms with E-state index in [1.807, 2.05) is 36.4 Å². The van der Waals surface area contributed by atoms with Gasteiger partial charge in [0.2, 0.25) is 5.91 Å². The van der Waals surface area contributed by atoms with Gasteiger partial charge in [0.15, 0.2) is 0 Å². The van der Waals surface area contributed by atoms with Crippen molar-refractivity contribution in [2.24, 2.45) is 0 Å². The van der Waals surface area contributed by atoms with E-state index in [2.05, 4.69) is 28.8 Å². The van der Waals surface area contributed by atoms with Gasteiger partial charge in [0, 0.05) is 31.7 Å². The molecule has 0 saturated carbocycles. The Morgan fingerprint density at radius 2 is 1.88 bits per heavy atom. The fourth-order valence-electron chi connectivity index (χ4n) is 3.07. The van der Waals surface area contributed by atoms with Gasteiger partial charge in [-0.25, -0.2) is 4.79 Å². The van der Waals surface area contributed by atoms with Crippen LogP contribution in [0.15, 0.2) is 54.6 Å². The van der Waals surface area contributed by atoms with Crippen LogP contribution in [0.3, 0.4) is 0 Å². The molecular weight excluding hydrogens is 314 g/mol. The highest BCUT2D eigenvalue weighted by Gasteiger charge is 2.23. The van der Waals surface area contributed by atoms with Gasteiger partial charge in [0.25, 0.3) is 0 Å². The van der Waals surface area contributed by atoms with E-state index in [4.69, 9.17) is 0 Å². The number of carbonyl (C=O) groups excluding carboxylic acids is 2. The number of likely N-dealkylation sites (tertiary alicyclic amines) is 1. The summed E-state index contributed by atoms with van der Waals surface area (Å²) in [4.78, 5) is 25.4. The molecule has 1 atom stereocenters. The van der Waals surface area contributed by atoms with Crippen molar-refractivity contribution in [1.29, 1.82) is 0 Å². The number of carbonyl (C=O) groups is 2. The van der Waals surface area contributed by atoms with Crippen LogP contribution in [0.2, 0.25) is 0 Å². The summed E-state index contributed by atoms with van der Waals surface area (Å²) in [6, 6.07) is 17.9. The zero-order valence-electron chi connectivity index (χ0n) is 14.4. The molecule has 3 rings (SSSR count). The maximum Gasteiger partial charge on any atom is 0.319 e. The molecule has 2 aromatic carbocycles. The molecular formula is C20H23N3O2. The molecule has 0 aromatic heterocycles. The highest BCUT2D eigenvalue weighted by Crippen LogP contribution is 2.15. The second-order valence-corrected chi connectivity index (χ2v) is 6.47. The smallest absolute Gasteiger partial charge is 0.319 e. The summed E-state index contributed by atoms with van der Waals surface area (Å²) in [7, 11) is 1.77. The molecule has 0 bridgehead atoms. The molecule has 1 saturated heterocycles. The lowest BCUT2D eigenvalue weighted by Crippen LogP contribution is -2.49. The number of nitrogens with one attached hydrogen (secondary N) is 2. The van der Waals surface area contributed by atoms with Crippen LogP contribution in [0.1, 0.15) is 24.0 Å². The zero-order chi connectivity index (χ0) is 17.6. The molecule has 25 heavy (non-hydrogen) atoms. The first-order valence-corrected chi connectivity index (χ1v) is 8.54. The quantitative estimate of drug-likeness (QED) is 0.901. The van der Waals surface area contributed by atoms with Crippen molar-refractivity contribution in [1.82, 2.24) is 10.2 Å². The average molecular weight is 337 g/mol. The van der Waals surface area contributed by atoms with Crippen molar-refractivity contribution in [3.63, 3.8) is 0 Å². The third kappa shape index (κ3) is 4.83. The molecule has 5 heteroatoms. The summed E-state index contributed by atoms with van der Waals surface area (Å²) in [6.45, 7) is 0.556. The van der Waals surface area contributed by atoms with Gasteiger partial charge in [-0.3, -0.25) is 4.79 Å². The van der Waals surface area contributed by atoms with E-state index in [0.717, 1.165) is 17.7 Å². The number of hydrogen-bond donors (Lipinski definition) is 2. The number of amides is 3. The normalized spacial score (nSPS) is 17.2. The summed E-state index contributed by atoms with van der Waals surface area (Å²) in [5.74, 6) is 0.132. The summed E-state index contributed by atoms with van der Waals surface area (Å²) >= 11 is 0. The second kappa shape index (κ2) is 7.83. The SMILES string of the molecule is CN1CC(NC(=O)Nc2cccc(Cc3ccccc3)c2)CCC1=O. The molecule has 0 radical (unpaired) electrons. The Labute approximate surface area is 148 Å². The molecule has 2 aromatic rings. The lowest BCUT2D eigenvalue weighted by molar-refractivity contribution is -0.132. The molecule has 3 amide bonds. The number of likely N-dealkylation sites (N-methyl/N-ethyl adjacent to an activating group) is 1. The fourth-order valence-corrected chi connectivity index (χ4v) is 3.07. The van der Waals surface area contributed by atoms with E-state index in [9.17, 15) is 9.59 Å². The number of nitrogens with zero attached hydrogens (tertiary/aromatic N) is 1. The van der Waals surface area contributed by atoms with Gasteiger partial charge in [0.1, 0.15) is 0 Å². The van der Waals surface area contributed by atoms with E-state index >= 15 is 0 Å². The fraction of sp³-hybridized carbons (Fsp3) is 0.300. The minimum Gasteiger partial charge on any atom is -0.344 e. The minimum absolute atomic E-state index is 0.00444. The first-order chi connectivity index (χ1) is 12.1. The second-order valence-electron chi connectivity index (χ2n) is 6.47. The van der Waals surface area contributed by atoms with Crippen molar-refractivity contribution in [3.05, 3.63) is 65.7 Å². The maximum absolute atomic E-state index is 12.2. The number of benzene rings is 2. The number of urea groups is 1. The van der Waals surface area contributed by atoms with E-state index in [-0.39, 0.29) is 18.0 Å². The highest BCUT2D eigenvalue weighted by molar-refractivity contribution is 5.89. The van der Waals surface area contributed by atoms with Crippen LogP contribution in [-0.2, 0) is 11.2 Å². The lowest BCUT2D eigenvalue weighted by Gasteiger charge is -2.30. The molecule has 1 heterocycles. The molecule has 1 unspecified atom stereocenters. The van der Waals surface area contributed by atoms with Crippen LogP contribution in [0, 0.1) is 0 Å². The predicted octanol–water partition coefficient (Wildman–Crippen LogP) is 3.02. The minimum atomic E-state index is -0.232. The van der Waals surface area contributed by atoms with Gasteiger partial charge in [-0.2, -0.15) is 0 Å². The Morgan fingerprint density at radius 3 is 2.64 bits per heavy atom. The van der Waals surface area contributed by atoms with Gasteiger partial charge < -0.3 is 15.5 Å². The molecule has 1 aliphatic heterocycles. The summed E-state index contributed by atoms with van der Waals surface area (Å²) in [5, 5.41) is 5.83. The Bertz CT molecular complexity index is 746. The molecule has 0 spiro atoms. The van der Waals surface area contributed by atoms with Crippen molar-refractivity contribution in [2.75, 3.05) is 18.9 Å². The van der Waals surface area contributed by atoms with E-state index in [1.54, 1.807) is 11.9 Å². The molecule has 130 valence electrons. The van der Waals surface area contributed by atoms with E-state index < -0.39 is 0 Å². The zero-order valence-corrected chi connectivity index (χ0v) is 14.4. The molecule has 0 aliphatic carbocycles. The molecule has 2 N–H and O–H groups in total. The van der Waals surface area contributed by atoms with Crippen LogP contribution >= 0.6 is 0 Å². The number of hydrogen-bond acceptors (Lipinski definition) is 2. The van der Waals surface area contributed by atoms with Gasteiger partial charge in [0.05, 0.1) is 0 Å². The first-order valence-electron chi connectivity index (χ1n) is 8.54.